The summed E-state index contributed by atoms with van der Waals surface area (Å²) in [5, 5.41) is 15.4. The minimum absolute atomic E-state index is 0.0989. The van der Waals surface area contributed by atoms with Gasteiger partial charge in [0, 0.05) is 16.7 Å². The number of para-hydroxylation sites is 1. The highest BCUT2D eigenvalue weighted by atomic mass is 35.5. The molecule has 0 aliphatic rings. The highest BCUT2D eigenvalue weighted by molar-refractivity contribution is 7.92. The Balaban J connectivity index is 1.73. The third-order valence-corrected chi connectivity index (χ3v) is 5.95. The summed E-state index contributed by atoms with van der Waals surface area (Å²) in [5.41, 5.74) is 3.77. The summed E-state index contributed by atoms with van der Waals surface area (Å²) in [6, 6.07) is 18.8. The summed E-state index contributed by atoms with van der Waals surface area (Å²) in [6.45, 7) is 0.0989. The Bertz CT molecular complexity index is 1290. The molecule has 0 aliphatic heterocycles. The number of halogens is 1. The van der Waals surface area contributed by atoms with Crippen molar-refractivity contribution in [3.05, 3.63) is 105 Å². The monoisotopic (exact) mass is 486 g/mol. The number of carbonyl (C=O) groups is 1. The van der Waals surface area contributed by atoms with Crippen LogP contribution in [0.3, 0.4) is 0 Å². The van der Waals surface area contributed by atoms with Crippen LogP contribution in [0, 0.1) is 10.1 Å². The molecule has 33 heavy (non-hydrogen) atoms. The molecule has 0 aliphatic carbocycles. The first-order valence-electron chi connectivity index (χ1n) is 9.54. The molecule has 170 valence electrons. The Morgan fingerprint density at radius 3 is 2.33 bits per heavy atom. The predicted octanol–water partition coefficient (Wildman–Crippen LogP) is 3.98. The second kappa shape index (κ2) is 10.2. The number of carbonyl (C=O) groups excluding carboxylic acids is 1. The molecule has 0 aromatic heterocycles. The predicted molar refractivity (Wildman–Crippen MR) is 127 cm³/mol. The smallest absolute Gasteiger partial charge is 0.267 e. The summed E-state index contributed by atoms with van der Waals surface area (Å²) in [6.07, 6.45) is 2.28. The van der Waals surface area contributed by atoms with E-state index in [9.17, 15) is 23.3 Å². The lowest BCUT2D eigenvalue weighted by Gasteiger charge is -2.22. The van der Waals surface area contributed by atoms with E-state index in [1.807, 2.05) is 0 Å². The van der Waals surface area contributed by atoms with Crippen molar-refractivity contribution in [1.82, 2.24) is 5.43 Å². The van der Waals surface area contributed by atoms with Crippen LogP contribution in [0.25, 0.3) is 0 Å². The molecule has 0 radical (unpaired) electrons. The molecule has 0 saturated heterocycles. The molecular weight excluding hydrogens is 468 g/mol. The van der Waals surface area contributed by atoms with Gasteiger partial charge in [-0.3, -0.25) is 19.2 Å². The number of nitrogens with one attached hydrogen (secondary N) is 1. The molecule has 9 nitrogen and oxygen atoms in total. The molecule has 0 unspecified atom stereocenters. The maximum atomic E-state index is 12.4. The van der Waals surface area contributed by atoms with Gasteiger partial charge < -0.3 is 0 Å². The van der Waals surface area contributed by atoms with Crippen LogP contribution in [0.2, 0.25) is 5.02 Å². The van der Waals surface area contributed by atoms with Gasteiger partial charge in [0.05, 0.1) is 35.2 Å². The summed E-state index contributed by atoms with van der Waals surface area (Å²) < 4.78 is 25.9. The van der Waals surface area contributed by atoms with Gasteiger partial charge in [-0.05, 0) is 48.0 Å². The fourth-order valence-electron chi connectivity index (χ4n) is 2.92. The SMILES string of the molecule is CS(=O)(=O)N(Cc1ccc(Cl)cc1)c1ccc(C(=O)N/N=C\c2ccccc2[N+](=O)[O-])cc1. The van der Waals surface area contributed by atoms with E-state index in [1.165, 1.54) is 53.0 Å². The number of sulfonamides is 1. The second-order valence-electron chi connectivity index (χ2n) is 6.96. The number of hydrazone groups is 1. The van der Waals surface area contributed by atoms with E-state index in [1.54, 1.807) is 30.3 Å². The van der Waals surface area contributed by atoms with E-state index in [0.717, 1.165) is 11.8 Å². The number of rotatable bonds is 8. The van der Waals surface area contributed by atoms with Crippen molar-refractivity contribution < 1.29 is 18.1 Å². The molecule has 0 fully saturated rings. The van der Waals surface area contributed by atoms with E-state index >= 15 is 0 Å². The topological polar surface area (TPSA) is 122 Å². The first-order chi connectivity index (χ1) is 15.6. The lowest BCUT2D eigenvalue weighted by atomic mass is 10.2. The van der Waals surface area contributed by atoms with E-state index in [2.05, 4.69) is 10.5 Å². The number of nitro groups is 1. The van der Waals surface area contributed by atoms with Crippen molar-refractivity contribution in [1.29, 1.82) is 0 Å². The lowest BCUT2D eigenvalue weighted by Crippen LogP contribution is -2.29. The summed E-state index contributed by atoms with van der Waals surface area (Å²) in [4.78, 5) is 22.8. The van der Waals surface area contributed by atoms with Crippen molar-refractivity contribution in [3.63, 3.8) is 0 Å². The fraction of sp³-hybridized carbons (Fsp3) is 0.0909. The summed E-state index contributed by atoms with van der Waals surface area (Å²) in [5.74, 6) is -0.556. The zero-order chi connectivity index (χ0) is 24.0. The average Bonchev–Trinajstić information content (AvgIpc) is 2.78. The molecule has 0 atom stereocenters. The Labute approximate surface area is 195 Å². The van der Waals surface area contributed by atoms with Gasteiger partial charge in [-0.25, -0.2) is 13.8 Å². The van der Waals surface area contributed by atoms with Crippen LogP contribution in [-0.4, -0.2) is 31.7 Å². The van der Waals surface area contributed by atoms with E-state index in [4.69, 9.17) is 11.6 Å². The fourth-order valence-corrected chi connectivity index (χ4v) is 3.94. The molecule has 0 heterocycles. The molecule has 3 aromatic carbocycles. The number of hydrogen-bond acceptors (Lipinski definition) is 6. The Morgan fingerprint density at radius 1 is 1.09 bits per heavy atom. The van der Waals surface area contributed by atoms with Crippen LogP contribution in [0.5, 0.6) is 0 Å². The van der Waals surface area contributed by atoms with Crippen LogP contribution < -0.4 is 9.73 Å². The van der Waals surface area contributed by atoms with Gasteiger partial charge >= 0.3 is 0 Å². The van der Waals surface area contributed by atoms with Crippen molar-refractivity contribution >= 4 is 45.1 Å². The molecule has 0 saturated carbocycles. The van der Waals surface area contributed by atoms with Crippen LogP contribution in [-0.2, 0) is 16.6 Å². The minimum atomic E-state index is -3.59. The molecule has 3 rings (SSSR count). The Kier molecular flexibility index (Phi) is 7.41. The van der Waals surface area contributed by atoms with Crippen molar-refractivity contribution in [3.8, 4) is 0 Å². The normalized spacial score (nSPS) is 11.3. The number of nitrogens with zero attached hydrogens (tertiary/aromatic N) is 3. The quantitative estimate of drug-likeness (QED) is 0.293. The van der Waals surface area contributed by atoms with Crippen LogP contribution in [0.4, 0.5) is 11.4 Å². The average molecular weight is 487 g/mol. The molecule has 0 bridgehead atoms. The molecule has 3 aromatic rings. The van der Waals surface area contributed by atoms with Gasteiger partial charge in [-0.1, -0.05) is 35.9 Å². The number of nitro benzene ring substituents is 1. The van der Waals surface area contributed by atoms with Gasteiger partial charge in [0.25, 0.3) is 11.6 Å². The van der Waals surface area contributed by atoms with Crippen molar-refractivity contribution in [2.75, 3.05) is 10.6 Å². The first-order valence-corrected chi connectivity index (χ1v) is 11.8. The number of anilines is 1. The molecular formula is C22H19ClN4O5S. The van der Waals surface area contributed by atoms with Crippen LogP contribution in [0.1, 0.15) is 21.5 Å². The minimum Gasteiger partial charge on any atom is -0.267 e. The van der Waals surface area contributed by atoms with Crippen molar-refractivity contribution in [2.24, 2.45) is 5.10 Å². The lowest BCUT2D eigenvalue weighted by molar-refractivity contribution is -0.385. The molecule has 11 heteroatoms. The first kappa shape index (κ1) is 23.9. The molecule has 1 N–H and O–H groups in total. The molecule has 0 spiro atoms. The summed E-state index contributed by atoms with van der Waals surface area (Å²) >= 11 is 5.89. The third kappa shape index (κ3) is 6.37. The van der Waals surface area contributed by atoms with Gasteiger partial charge in [0.2, 0.25) is 10.0 Å². The van der Waals surface area contributed by atoms with Crippen LogP contribution >= 0.6 is 11.6 Å². The van der Waals surface area contributed by atoms with Gasteiger partial charge in [-0.2, -0.15) is 5.10 Å². The van der Waals surface area contributed by atoms with Crippen LogP contribution in [0.15, 0.2) is 77.9 Å². The zero-order valence-corrected chi connectivity index (χ0v) is 19.0. The van der Waals surface area contributed by atoms with E-state index in [-0.39, 0.29) is 23.4 Å². The van der Waals surface area contributed by atoms with E-state index < -0.39 is 20.9 Å². The highest BCUT2D eigenvalue weighted by Crippen LogP contribution is 2.22. The second-order valence-corrected chi connectivity index (χ2v) is 9.30. The zero-order valence-electron chi connectivity index (χ0n) is 17.4. The maximum absolute atomic E-state index is 12.4. The Hall–Kier alpha value is -3.76. The number of benzene rings is 3. The van der Waals surface area contributed by atoms with Gasteiger partial charge in [-0.15, -0.1) is 0 Å². The van der Waals surface area contributed by atoms with E-state index in [0.29, 0.717) is 10.7 Å². The largest absolute Gasteiger partial charge is 0.278 e. The Morgan fingerprint density at radius 2 is 1.73 bits per heavy atom. The highest BCUT2D eigenvalue weighted by Gasteiger charge is 2.18. The third-order valence-electron chi connectivity index (χ3n) is 4.56. The molecule has 1 amide bonds. The van der Waals surface area contributed by atoms with Crippen molar-refractivity contribution in [2.45, 2.75) is 6.54 Å². The number of hydrogen-bond donors (Lipinski definition) is 1. The van der Waals surface area contributed by atoms with Gasteiger partial charge in [0.1, 0.15) is 0 Å². The van der Waals surface area contributed by atoms with Gasteiger partial charge in [0.15, 0.2) is 0 Å². The maximum Gasteiger partial charge on any atom is 0.278 e. The summed E-state index contributed by atoms with van der Waals surface area (Å²) in [7, 11) is -3.59. The number of amides is 1. The standard InChI is InChI=1S/C22H19ClN4O5S/c1-33(31,32)26(15-16-6-10-19(23)11-7-16)20-12-8-17(9-13-20)22(28)25-24-14-18-4-2-3-5-21(18)27(29)30/h2-14H,15H2,1H3,(H,25,28)/b24-14-.